The molecule has 0 saturated carbocycles. The molecule has 2 aromatic rings. The largest absolute Gasteiger partial charge is 0.347 e. The first-order chi connectivity index (χ1) is 9.70. The lowest BCUT2D eigenvalue weighted by molar-refractivity contribution is 0.553. The van der Waals surface area contributed by atoms with E-state index in [0.29, 0.717) is 12.4 Å². The van der Waals surface area contributed by atoms with Crippen LogP contribution in [-0.2, 0) is 13.1 Å². The number of nitrogens with two attached hydrogens (primary N) is 1. The van der Waals surface area contributed by atoms with Crippen LogP contribution in [0.15, 0.2) is 12.7 Å². The second-order valence-electron chi connectivity index (χ2n) is 5.12. The third kappa shape index (κ3) is 2.07. The summed E-state index contributed by atoms with van der Waals surface area (Å²) in [5.41, 5.74) is 3.69. The van der Waals surface area contributed by atoms with Gasteiger partial charge in [-0.1, -0.05) is 13.8 Å². The molecule has 0 spiro atoms. The molecule has 0 aliphatic carbocycles. The molecule has 1 aliphatic rings. The molecule has 0 aromatic carbocycles. The SMILES string of the molecule is CC(C)c1c(NN)ncnc1N1CCn2cnnc2C1. The minimum absolute atomic E-state index is 0.275. The normalized spacial score (nSPS) is 14.5. The van der Waals surface area contributed by atoms with Crippen LogP contribution in [-0.4, -0.2) is 31.3 Å². The average Bonchev–Trinajstić information content (AvgIpc) is 2.93. The highest BCUT2D eigenvalue weighted by atomic mass is 15.3. The minimum Gasteiger partial charge on any atom is -0.347 e. The standard InChI is InChI=1S/C12H18N8/c1-8(2)10-11(17-13)14-6-15-12(10)19-3-4-20-7-16-18-9(20)5-19/h6-8H,3-5,13H2,1-2H3,(H,14,15,17). The van der Waals surface area contributed by atoms with Crippen LogP contribution >= 0.6 is 0 Å². The summed E-state index contributed by atoms with van der Waals surface area (Å²) in [6.07, 6.45) is 3.30. The number of anilines is 2. The van der Waals surface area contributed by atoms with Crippen LogP contribution in [0.5, 0.6) is 0 Å². The summed E-state index contributed by atoms with van der Waals surface area (Å²) in [6.45, 7) is 6.63. The Morgan fingerprint density at radius 2 is 2.15 bits per heavy atom. The lowest BCUT2D eigenvalue weighted by Crippen LogP contribution is -2.35. The summed E-state index contributed by atoms with van der Waals surface area (Å²) < 4.78 is 2.06. The average molecular weight is 274 g/mol. The van der Waals surface area contributed by atoms with Gasteiger partial charge in [0.1, 0.15) is 24.3 Å². The van der Waals surface area contributed by atoms with Gasteiger partial charge in [-0.05, 0) is 5.92 Å². The van der Waals surface area contributed by atoms with Crippen molar-refractivity contribution in [1.82, 2.24) is 24.7 Å². The van der Waals surface area contributed by atoms with Gasteiger partial charge in [-0.3, -0.25) is 0 Å². The molecule has 8 heteroatoms. The number of hydrogen-bond donors (Lipinski definition) is 2. The molecular formula is C12H18N8. The van der Waals surface area contributed by atoms with Gasteiger partial charge in [-0.15, -0.1) is 10.2 Å². The molecule has 106 valence electrons. The van der Waals surface area contributed by atoms with E-state index in [2.05, 4.69) is 48.9 Å². The molecule has 3 heterocycles. The minimum atomic E-state index is 0.275. The van der Waals surface area contributed by atoms with E-state index in [4.69, 9.17) is 5.84 Å². The zero-order valence-electron chi connectivity index (χ0n) is 11.6. The maximum absolute atomic E-state index is 5.56. The zero-order chi connectivity index (χ0) is 14.1. The van der Waals surface area contributed by atoms with E-state index >= 15 is 0 Å². The van der Waals surface area contributed by atoms with Gasteiger partial charge in [0.25, 0.3) is 0 Å². The fourth-order valence-electron chi connectivity index (χ4n) is 2.53. The van der Waals surface area contributed by atoms with Gasteiger partial charge in [0.2, 0.25) is 0 Å². The first kappa shape index (κ1) is 12.8. The van der Waals surface area contributed by atoms with Crippen molar-refractivity contribution in [3.63, 3.8) is 0 Å². The number of nitrogens with zero attached hydrogens (tertiary/aromatic N) is 6. The van der Waals surface area contributed by atoms with Crippen LogP contribution in [0.4, 0.5) is 11.6 Å². The second kappa shape index (κ2) is 5.04. The summed E-state index contributed by atoms with van der Waals surface area (Å²) in [6, 6.07) is 0. The molecule has 0 saturated heterocycles. The van der Waals surface area contributed by atoms with E-state index in [9.17, 15) is 0 Å². The van der Waals surface area contributed by atoms with Crippen molar-refractivity contribution in [3.05, 3.63) is 24.0 Å². The predicted molar refractivity (Wildman–Crippen MR) is 75.0 cm³/mol. The molecule has 2 aromatic heterocycles. The van der Waals surface area contributed by atoms with Gasteiger partial charge in [0.15, 0.2) is 5.82 Å². The Morgan fingerprint density at radius 1 is 1.30 bits per heavy atom. The Balaban J connectivity index is 1.99. The summed E-state index contributed by atoms with van der Waals surface area (Å²) >= 11 is 0. The first-order valence-corrected chi connectivity index (χ1v) is 6.64. The van der Waals surface area contributed by atoms with Crippen molar-refractivity contribution >= 4 is 11.6 Å². The Hall–Kier alpha value is -2.22. The van der Waals surface area contributed by atoms with Gasteiger partial charge in [0.05, 0.1) is 6.54 Å². The van der Waals surface area contributed by atoms with Crippen LogP contribution in [0.2, 0.25) is 0 Å². The Kier molecular flexibility index (Phi) is 3.23. The van der Waals surface area contributed by atoms with Crippen LogP contribution in [0.3, 0.4) is 0 Å². The lowest BCUT2D eigenvalue weighted by atomic mass is 10.0. The topological polar surface area (TPSA) is 97.8 Å². The van der Waals surface area contributed by atoms with Crippen molar-refractivity contribution in [2.75, 3.05) is 16.9 Å². The zero-order valence-corrected chi connectivity index (χ0v) is 11.6. The van der Waals surface area contributed by atoms with Crippen molar-refractivity contribution in [1.29, 1.82) is 0 Å². The first-order valence-electron chi connectivity index (χ1n) is 6.64. The smallest absolute Gasteiger partial charge is 0.152 e. The summed E-state index contributed by atoms with van der Waals surface area (Å²) in [5.74, 6) is 8.38. The molecule has 3 N–H and O–H groups in total. The van der Waals surface area contributed by atoms with Crippen molar-refractivity contribution in [2.45, 2.75) is 32.9 Å². The van der Waals surface area contributed by atoms with E-state index in [1.54, 1.807) is 6.33 Å². The molecular weight excluding hydrogens is 256 g/mol. The Bertz CT molecular complexity index is 605. The number of fused-ring (bicyclic) bond motifs is 1. The van der Waals surface area contributed by atoms with Gasteiger partial charge in [-0.25, -0.2) is 15.8 Å². The molecule has 20 heavy (non-hydrogen) atoms. The van der Waals surface area contributed by atoms with Crippen molar-refractivity contribution < 1.29 is 0 Å². The fraction of sp³-hybridized carbons (Fsp3) is 0.500. The number of nitrogens with one attached hydrogen (secondary N) is 1. The molecule has 0 unspecified atom stereocenters. The number of hydrazine groups is 1. The molecule has 8 nitrogen and oxygen atoms in total. The van der Waals surface area contributed by atoms with Crippen molar-refractivity contribution in [2.24, 2.45) is 5.84 Å². The van der Waals surface area contributed by atoms with E-state index in [0.717, 1.165) is 30.3 Å². The monoisotopic (exact) mass is 274 g/mol. The highest BCUT2D eigenvalue weighted by Crippen LogP contribution is 2.31. The summed E-state index contributed by atoms with van der Waals surface area (Å²) in [5, 5.41) is 8.08. The molecule has 0 atom stereocenters. The summed E-state index contributed by atoms with van der Waals surface area (Å²) in [4.78, 5) is 10.8. The highest BCUT2D eigenvalue weighted by Gasteiger charge is 2.24. The quantitative estimate of drug-likeness (QED) is 0.621. The molecule has 0 fully saturated rings. The fourth-order valence-corrected chi connectivity index (χ4v) is 2.53. The second-order valence-corrected chi connectivity index (χ2v) is 5.12. The van der Waals surface area contributed by atoms with Crippen LogP contribution in [0.1, 0.15) is 31.2 Å². The number of nitrogen functional groups attached to an aromatic ring is 1. The Morgan fingerprint density at radius 3 is 2.90 bits per heavy atom. The van der Waals surface area contributed by atoms with Crippen molar-refractivity contribution in [3.8, 4) is 0 Å². The van der Waals surface area contributed by atoms with Crippen LogP contribution in [0, 0.1) is 0 Å². The maximum atomic E-state index is 5.56. The number of aromatic nitrogens is 5. The van der Waals surface area contributed by atoms with Gasteiger partial charge in [0, 0.05) is 18.7 Å². The molecule has 3 rings (SSSR count). The third-order valence-electron chi connectivity index (χ3n) is 3.52. The maximum Gasteiger partial charge on any atom is 0.152 e. The van der Waals surface area contributed by atoms with E-state index < -0.39 is 0 Å². The molecule has 0 radical (unpaired) electrons. The third-order valence-corrected chi connectivity index (χ3v) is 3.52. The summed E-state index contributed by atoms with van der Waals surface area (Å²) in [7, 11) is 0. The lowest BCUT2D eigenvalue weighted by Gasteiger charge is -2.30. The van der Waals surface area contributed by atoms with Gasteiger partial charge in [-0.2, -0.15) is 0 Å². The van der Waals surface area contributed by atoms with E-state index in [-0.39, 0.29) is 5.92 Å². The molecule has 0 bridgehead atoms. The number of rotatable bonds is 3. The molecule has 1 aliphatic heterocycles. The van der Waals surface area contributed by atoms with Crippen LogP contribution in [0.25, 0.3) is 0 Å². The predicted octanol–water partition coefficient (Wildman–Crippen LogP) is 0.497. The van der Waals surface area contributed by atoms with E-state index in [1.807, 2.05) is 0 Å². The van der Waals surface area contributed by atoms with Gasteiger partial charge >= 0.3 is 0 Å². The van der Waals surface area contributed by atoms with Crippen LogP contribution < -0.4 is 16.2 Å². The number of hydrogen-bond acceptors (Lipinski definition) is 7. The highest BCUT2D eigenvalue weighted by molar-refractivity contribution is 5.60. The van der Waals surface area contributed by atoms with Gasteiger partial charge < -0.3 is 14.9 Å². The molecule has 0 amide bonds. The Labute approximate surface area is 117 Å². The van der Waals surface area contributed by atoms with E-state index in [1.165, 1.54) is 6.33 Å².